The zero-order valence-corrected chi connectivity index (χ0v) is 15.7. The van der Waals surface area contributed by atoms with Gasteiger partial charge in [-0.25, -0.2) is 4.98 Å². The maximum absolute atomic E-state index is 12.8. The van der Waals surface area contributed by atoms with E-state index in [2.05, 4.69) is 15.3 Å². The van der Waals surface area contributed by atoms with Crippen molar-refractivity contribution < 1.29 is 9.21 Å². The summed E-state index contributed by atoms with van der Waals surface area (Å²) in [5.41, 5.74) is 15.4. The first-order valence-electron chi connectivity index (χ1n) is 8.96. The average molecular weight is 388 g/mol. The number of anilines is 2. The van der Waals surface area contributed by atoms with E-state index in [9.17, 15) is 4.79 Å². The predicted octanol–water partition coefficient (Wildman–Crippen LogP) is 3.22. The van der Waals surface area contributed by atoms with E-state index < -0.39 is 0 Å². The molecule has 8 heteroatoms. The topological polar surface area (TPSA) is 147 Å². The van der Waals surface area contributed by atoms with Crippen LogP contribution in [0.2, 0.25) is 0 Å². The second kappa shape index (κ2) is 7.16. The Balaban J connectivity index is 1.73. The first-order valence-corrected chi connectivity index (χ1v) is 8.96. The molecule has 7 N–H and O–H groups in total. The number of carbonyl (C=O) groups is 1. The normalized spacial score (nSPS) is 10.9. The molecule has 0 fully saturated rings. The highest BCUT2D eigenvalue weighted by Gasteiger charge is 2.17. The molecule has 0 unspecified atom stereocenters. The molecule has 0 atom stereocenters. The molecule has 3 heterocycles. The minimum Gasteiger partial charge on any atom is -0.465 e. The third-order valence-corrected chi connectivity index (χ3v) is 4.73. The summed E-state index contributed by atoms with van der Waals surface area (Å²) >= 11 is 0. The summed E-state index contributed by atoms with van der Waals surface area (Å²) in [7, 11) is 0. The number of pyridine rings is 1. The zero-order chi connectivity index (χ0) is 20.5. The minimum absolute atomic E-state index is 0.242. The second-order valence-corrected chi connectivity index (χ2v) is 6.72. The molecule has 3 aromatic heterocycles. The third-order valence-electron chi connectivity index (χ3n) is 4.73. The Morgan fingerprint density at radius 2 is 2.14 bits per heavy atom. The van der Waals surface area contributed by atoms with E-state index in [1.54, 1.807) is 24.4 Å². The molecule has 0 spiro atoms. The number of rotatable bonds is 5. The Hall–Kier alpha value is -4.07. The van der Waals surface area contributed by atoms with Gasteiger partial charge in [0.25, 0.3) is 5.91 Å². The van der Waals surface area contributed by atoms with Crippen LogP contribution in [0.15, 0.2) is 47.1 Å². The third kappa shape index (κ3) is 3.43. The van der Waals surface area contributed by atoms with Crippen molar-refractivity contribution in [2.45, 2.75) is 13.5 Å². The molecule has 1 amide bonds. The highest BCUT2D eigenvalue weighted by atomic mass is 16.3. The van der Waals surface area contributed by atoms with Crippen LogP contribution in [0.4, 0.5) is 11.5 Å². The number of aromatic amines is 1. The number of hydrogen-bond donors (Lipinski definition) is 5. The van der Waals surface area contributed by atoms with Crippen LogP contribution < -0.4 is 16.8 Å². The highest BCUT2D eigenvalue weighted by molar-refractivity contribution is 6.06. The summed E-state index contributed by atoms with van der Waals surface area (Å²) in [6.45, 7) is 2.08. The Morgan fingerprint density at radius 1 is 1.31 bits per heavy atom. The average Bonchev–Trinajstić information content (AvgIpc) is 3.32. The first kappa shape index (κ1) is 18.3. The van der Waals surface area contributed by atoms with Crippen LogP contribution in [0.3, 0.4) is 0 Å². The number of carbonyl (C=O) groups excluding carboxylic acids is 1. The van der Waals surface area contributed by atoms with Gasteiger partial charge in [-0.2, -0.15) is 0 Å². The number of benzene rings is 1. The lowest BCUT2D eigenvalue weighted by Gasteiger charge is -2.12. The summed E-state index contributed by atoms with van der Waals surface area (Å²) in [6, 6.07) is 8.89. The molecule has 146 valence electrons. The smallest absolute Gasteiger partial charge is 0.253 e. The molecular weight excluding hydrogens is 368 g/mol. The van der Waals surface area contributed by atoms with E-state index in [1.165, 1.54) is 0 Å². The number of amides is 1. The Kier molecular flexibility index (Phi) is 4.52. The molecule has 0 radical (unpaired) electrons. The summed E-state index contributed by atoms with van der Waals surface area (Å²) < 4.78 is 5.48. The molecule has 0 aliphatic heterocycles. The lowest BCUT2D eigenvalue weighted by atomic mass is 9.97. The van der Waals surface area contributed by atoms with Crippen molar-refractivity contribution in [2.75, 3.05) is 11.5 Å². The summed E-state index contributed by atoms with van der Waals surface area (Å²) in [5.74, 6) is 1.47. The van der Waals surface area contributed by atoms with E-state index >= 15 is 0 Å². The number of nitrogens with zero attached hydrogens (tertiary/aromatic N) is 1. The molecule has 4 rings (SSSR count). The fourth-order valence-electron chi connectivity index (χ4n) is 3.26. The number of H-pyrrole nitrogens is 1. The van der Waals surface area contributed by atoms with Gasteiger partial charge in [-0.15, -0.1) is 0 Å². The van der Waals surface area contributed by atoms with Crippen LogP contribution in [-0.4, -0.2) is 22.1 Å². The van der Waals surface area contributed by atoms with Gasteiger partial charge in [0.15, 0.2) is 0 Å². The lowest BCUT2D eigenvalue weighted by Crippen LogP contribution is -2.24. The summed E-state index contributed by atoms with van der Waals surface area (Å²) in [6.07, 6.45) is 4.61. The number of nitrogen functional groups attached to an aromatic ring is 2. The van der Waals surface area contributed by atoms with Crippen molar-refractivity contribution in [3.63, 3.8) is 0 Å². The van der Waals surface area contributed by atoms with E-state index in [-0.39, 0.29) is 18.1 Å². The fraction of sp³-hybridized carbons (Fsp3) is 0.0952. The van der Waals surface area contributed by atoms with Crippen LogP contribution in [0, 0.1) is 12.3 Å². The van der Waals surface area contributed by atoms with Gasteiger partial charge in [0.1, 0.15) is 17.3 Å². The SMILES string of the molecule is Cc1ccc(CNC(=O)c2cc(-c3c[nH]c4cnc(N)cc34)cc(C=N)c2N)o1. The number of nitrogens with one attached hydrogen (secondary N) is 3. The summed E-state index contributed by atoms with van der Waals surface area (Å²) in [5, 5.41) is 11.4. The van der Waals surface area contributed by atoms with Gasteiger partial charge in [0.05, 0.1) is 29.5 Å². The lowest BCUT2D eigenvalue weighted by molar-refractivity contribution is 0.0949. The Labute approximate surface area is 166 Å². The van der Waals surface area contributed by atoms with Crippen LogP contribution >= 0.6 is 0 Å². The van der Waals surface area contributed by atoms with Gasteiger partial charge in [-0.05, 0) is 42.8 Å². The molecule has 29 heavy (non-hydrogen) atoms. The number of furan rings is 1. The van der Waals surface area contributed by atoms with Gasteiger partial charge in [-0.3, -0.25) is 4.79 Å². The molecular formula is C21H20N6O2. The summed E-state index contributed by atoms with van der Waals surface area (Å²) in [4.78, 5) is 20.0. The van der Waals surface area contributed by atoms with Crippen LogP contribution in [0.1, 0.15) is 27.4 Å². The Morgan fingerprint density at radius 3 is 2.86 bits per heavy atom. The van der Waals surface area contributed by atoms with Crippen LogP contribution in [0.5, 0.6) is 0 Å². The standard InChI is InChI=1S/C21H20N6O2/c1-11-2-3-14(29-11)8-27-21(28)16-5-12(4-13(7-22)20(16)24)17-9-25-18-10-26-19(23)6-15(17)18/h2-7,9-10,22,25H,8,24H2,1H3,(H2,23,26)(H,27,28). The Bertz CT molecular complexity index is 1240. The molecule has 4 aromatic rings. The van der Waals surface area contributed by atoms with Crippen molar-refractivity contribution in [1.29, 1.82) is 5.41 Å². The maximum Gasteiger partial charge on any atom is 0.253 e. The first-order chi connectivity index (χ1) is 14.0. The van der Waals surface area contributed by atoms with Gasteiger partial charge in [0.2, 0.25) is 0 Å². The van der Waals surface area contributed by atoms with Crippen molar-refractivity contribution in [2.24, 2.45) is 0 Å². The van der Waals surface area contributed by atoms with E-state index in [1.807, 2.05) is 25.3 Å². The van der Waals surface area contributed by atoms with Gasteiger partial charge >= 0.3 is 0 Å². The van der Waals surface area contributed by atoms with E-state index in [0.29, 0.717) is 22.7 Å². The zero-order valence-electron chi connectivity index (χ0n) is 15.7. The van der Waals surface area contributed by atoms with Crippen LogP contribution in [0.25, 0.3) is 22.0 Å². The number of aryl methyl sites for hydroxylation is 1. The molecule has 0 saturated carbocycles. The number of aromatic nitrogens is 2. The van der Waals surface area contributed by atoms with E-state index in [0.717, 1.165) is 34.0 Å². The quantitative estimate of drug-likeness (QED) is 0.263. The maximum atomic E-state index is 12.8. The molecule has 1 aromatic carbocycles. The minimum atomic E-state index is -0.345. The van der Waals surface area contributed by atoms with Crippen molar-refractivity contribution in [3.05, 3.63) is 65.4 Å². The highest BCUT2D eigenvalue weighted by Crippen LogP contribution is 2.32. The molecule has 8 nitrogen and oxygen atoms in total. The van der Waals surface area contributed by atoms with Gasteiger partial charge < -0.3 is 31.6 Å². The molecule has 0 aliphatic rings. The number of fused-ring (bicyclic) bond motifs is 1. The van der Waals surface area contributed by atoms with E-state index in [4.69, 9.17) is 21.3 Å². The van der Waals surface area contributed by atoms with Gasteiger partial charge in [0, 0.05) is 28.9 Å². The molecule has 0 bridgehead atoms. The van der Waals surface area contributed by atoms with Gasteiger partial charge in [-0.1, -0.05) is 0 Å². The van der Waals surface area contributed by atoms with Crippen LogP contribution in [-0.2, 0) is 6.54 Å². The molecule has 0 aliphatic carbocycles. The second-order valence-electron chi connectivity index (χ2n) is 6.72. The number of hydrogen-bond acceptors (Lipinski definition) is 6. The predicted molar refractivity (Wildman–Crippen MR) is 113 cm³/mol. The van der Waals surface area contributed by atoms with Crippen molar-refractivity contribution >= 4 is 34.5 Å². The van der Waals surface area contributed by atoms with Crippen molar-refractivity contribution in [1.82, 2.24) is 15.3 Å². The number of nitrogens with two attached hydrogens (primary N) is 2. The molecule has 0 saturated heterocycles. The monoisotopic (exact) mass is 388 g/mol. The largest absolute Gasteiger partial charge is 0.465 e. The van der Waals surface area contributed by atoms with Crippen molar-refractivity contribution in [3.8, 4) is 11.1 Å². The fourth-order valence-corrected chi connectivity index (χ4v) is 3.26.